The first-order chi connectivity index (χ1) is 6.42. The summed E-state index contributed by atoms with van der Waals surface area (Å²) >= 11 is 0. The number of aryl methyl sites for hydroxylation is 1. The quantitative estimate of drug-likeness (QED) is 0.602. The van der Waals surface area contributed by atoms with Crippen LogP contribution in [0, 0.1) is 6.57 Å². The first-order valence-electron chi connectivity index (χ1n) is 4.83. The number of fused-ring (bicyclic) bond motifs is 1. The maximum atomic E-state index is 6.78. The molecule has 0 saturated carbocycles. The van der Waals surface area contributed by atoms with E-state index in [4.69, 9.17) is 6.57 Å². The molecule has 2 rings (SSSR count). The lowest BCUT2D eigenvalue weighted by Crippen LogP contribution is -1.94. The molecule has 66 valence electrons. The first-order valence-corrected chi connectivity index (χ1v) is 4.83. The number of benzene rings is 1. The van der Waals surface area contributed by atoms with Crippen molar-refractivity contribution in [2.75, 3.05) is 6.54 Å². The third-order valence-corrected chi connectivity index (χ3v) is 2.85. The van der Waals surface area contributed by atoms with Crippen LogP contribution in [0.3, 0.4) is 0 Å². The zero-order chi connectivity index (χ0) is 9.10. The van der Waals surface area contributed by atoms with Crippen LogP contribution in [0.5, 0.6) is 0 Å². The van der Waals surface area contributed by atoms with E-state index in [2.05, 4.69) is 29.1 Å². The Labute approximate surface area is 79.2 Å². The maximum absolute atomic E-state index is 6.78. The SMILES string of the molecule is [C-]#[N+]CCC1CCc2ccccc21. The molecule has 13 heavy (non-hydrogen) atoms. The monoisotopic (exact) mass is 171 g/mol. The fourth-order valence-electron chi connectivity index (χ4n) is 2.17. The summed E-state index contributed by atoms with van der Waals surface area (Å²) in [5.41, 5.74) is 2.99. The van der Waals surface area contributed by atoms with Crippen molar-refractivity contribution in [3.63, 3.8) is 0 Å². The number of nitrogens with zero attached hydrogens (tertiary/aromatic N) is 1. The van der Waals surface area contributed by atoms with Gasteiger partial charge in [0.2, 0.25) is 6.54 Å². The van der Waals surface area contributed by atoms with Crippen molar-refractivity contribution in [1.29, 1.82) is 0 Å². The van der Waals surface area contributed by atoms with Crippen LogP contribution in [0.4, 0.5) is 0 Å². The van der Waals surface area contributed by atoms with Crippen LogP contribution in [0.15, 0.2) is 24.3 Å². The number of hydrogen-bond donors (Lipinski definition) is 0. The molecular formula is C12H13N. The third kappa shape index (κ3) is 1.58. The van der Waals surface area contributed by atoms with E-state index in [0.29, 0.717) is 12.5 Å². The van der Waals surface area contributed by atoms with Gasteiger partial charge in [0.1, 0.15) is 0 Å². The molecule has 0 spiro atoms. The average Bonchev–Trinajstić information content (AvgIpc) is 2.58. The Hall–Kier alpha value is -1.29. The summed E-state index contributed by atoms with van der Waals surface area (Å²) in [4.78, 5) is 3.42. The van der Waals surface area contributed by atoms with Crippen molar-refractivity contribution in [3.8, 4) is 0 Å². The zero-order valence-electron chi connectivity index (χ0n) is 7.66. The van der Waals surface area contributed by atoms with Gasteiger partial charge < -0.3 is 4.85 Å². The van der Waals surface area contributed by atoms with Gasteiger partial charge in [-0.25, -0.2) is 6.57 Å². The van der Waals surface area contributed by atoms with Gasteiger partial charge in [0.15, 0.2) is 0 Å². The molecule has 1 aliphatic rings. The lowest BCUT2D eigenvalue weighted by molar-refractivity contribution is 0.647. The second-order valence-corrected chi connectivity index (χ2v) is 3.60. The van der Waals surface area contributed by atoms with Gasteiger partial charge in [0.25, 0.3) is 0 Å². The first kappa shape index (κ1) is 8.31. The summed E-state index contributed by atoms with van der Waals surface area (Å²) in [6, 6.07) is 8.65. The molecule has 0 heterocycles. The molecule has 1 aromatic carbocycles. The molecule has 0 bridgehead atoms. The molecule has 1 heteroatoms. The van der Waals surface area contributed by atoms with Gasteiger partial charge in [-0.2, -0.15) is 0 Å². The van der Waals surface area contributed by atoms with E-state index >= 15 is 0 Å². The van der Waals surface area contributed by atoms with E-state index in [1.807, 2.05) is 0 Å². The summed E-state index contributed by atoms with van der Waals surface area (Å²) in [6.07, 6.45) is 3.49. The fraction of sp³-hybridized carbons (Fsp3) is 0.417. The highest BCUT2D eigenvalue weighted by molar-refractivity contribution is 5.34. The Kier molecular flexibility index (Phi) is 2.31. The molecule has 0 aliphatic heterocycles. The van der Waals surface area contributed by atoms with Gasteiger partial charge in [-0.3, -0.25) is 0 Å². The predicted molar refractivity (Wildman–Crippen MR) is 53.6 cm³/mol. The van der Waals surface area contributed by atoms with E-state index in [9.17, 15) is 0 Å². The molecule has 0 aromatic heterocycles. The molecule has 1 unspecified atom stereocenters. The van der Waals surface area contributed by atoms with Gasteiger partial charge in [-0.15, -0.1) is 0 Å². The predicted octanol–water partition coefficient (Wildman–Crippen LogP) is 3.03. The number of hydrogen-bond acceptors (Lipinski definition) is 0. The topological polar surface area (TPSA) is 4.36 Å². The van der Waals surface area contributed by atoms with Crippen molar-refractivity contribution in [2.45, 2.75) is 25.2 Å². The summed E-state index contributed by atoms with van der Waals surface area (Å²) in [6.45, 7) is 7.46. The van der Waals surface area contributed by atoms with Crippen LogP contribution in [-0.4, -0.2) is 6.54 Å². The minimum atomic E-state index is 0.658. The van der Waals surface area contributed by atoms with Crippen LogP contribution < -0.4 is 0 Å². The average molecular weight is 171 g/mol. The highest BCUT2D eigenvalue weighted by Gasteiger charge is 2.21. The van der Waals surface area contributed by atoms with Crippen LogP contribution >= 0.6 is 0 Å². The smallest absolute Gasteiger partial charge is 0.215 e. The molecule has 0 N–H and O–H groups in total. The molecule has 0 fully saturated rings. The van der Waals surface area contributed by atoms with Gasteiger partial charge >= 0.3 is 0 Å². The summed E-state index contributed by atoms with van der Waals surface area (Å²) in [5.74, 6) is 0.658. The van der Waals surface area contributed by atoms with Crippen LogP contribution in [0.1, 0.15) is 29.9 Å². The van der Waals surface area contributed by atoms with E-state index in [0.717, 1.165) is 6.42 Å². The largest absolute Gasteiger partial charge is 0.317 e. The minimum absolute atomic E-state index is 0.658. The molecule has 0 amide bonds. The van der Waals surface area contributed by atoms with E-state index in [1.54, 1.807) is 0 Å². The molecule has 1 atom stereocenters. The summed E-state index contributed by atoms with van der Waals surface area (Å²) in [5, 5.41) is 0. The van der Waals surface area contributed by atoms with Crippen molar-refractivity contribution in [1.82, 2.24) is 0 Å². The van der Waals surface area contributed by atoms with Gasteiger partial charge in [0, 0.05) is 6.42 Å². The molecule has 0 radical (unpaired) electrons. The standard InChI is InChI=1S/C12H13N/c1-13-9-8-11-7-6-10-4-2-3-5-12(10)11/h2-5,11H,6-9H2. The van der Waals surface area contributed by atoms with Gasteiger partial charge in [0.05, 0.1) is 0 Å². The van der Waals surface area contributed by atoms with Crippen LogP contribution in [0.2, 0.25) is 0 Å². The third-order valence-electron chi connectivity index (χ3n) is 2.85. The lowest BCUT2D eigenvalue weighted by atomic mass is 9.98. The molecular weight excluding hydrogens is 158 g/mol. The molecule has 1 aromatic rings. The minimum Gasteiger partial charge on any atom is -0.317 e. The zero-order valence-corrected chi connectivity index (χ0v) is 7.66. The van der Waals surface area contributed by atoms with E-state index < -0.39 is 0 Å². The van der Waals surface area contributed by atoms with Crippen molar-refractivity contribution in [3.05, 3.63) is 46.8 Å². The Balaban J connectivity index is 2.15. The Morgan fingerprint density at radius 1 is 1.38 bits per heavy atom. The maximum Gasteiger partial charge on any atom is 0.215 e. The lowest BCUT2D eigenvalue weighted by Gasteiger charge is -2.06. The van der Waals surface area contributed by atoms with Gasteiger partial charge in [-0.1, -0.05) is 24.3 Å². The Morgan fingerprint density at radius 3 is 3.08 bits per heavy atom. The van der Waals surface area contributed by atoms with Crippen LogP contribution in [0.25, 0.3) is 4.85 Å². The van der Waals surface area contributed by atoms with Crippen LogP contribution in [-0.2, 0) is 6.42 Å². The molecule has 1 aliphatic carbocycles. The highest BCUT2D eigenvalue weighted by atomic mass is 14.6. The number of rotatable bonds is 2. The van der Waals surface area contributed by atoms with Crippen molar-refractivity contribution in [2.24, 2.45) is 0 Å². The Morgan fingerprint density at radius 2 is 2.23 bits per heavy atom. The van der Waals surface area contributed by atoms with Crippen molar-refractivity contribution < 1.29 is 0 Å². The van der Waals surface area contributed by atoms with E-state index in [-0.39, 0.29) is 0 Å². The molecule has 1 nitrogen and oxygen atoms in total. The van der Waals surface area contributed by atoms with Crippen molar-refractivity contribution >= 4 is 0 Å². The Bertz CT molecular complexity index is 335. The second-order valence-electron chi connectivity index (χ2n) is 3.60. The second kappa shape index (κ2) is 3.62. The molecule has 0 saturated heterocycles. The summed E-state index contributed by atoms with van der Waals surface area (Å²) < 4.78 is 0. The van der Waals surface area contributed by atoms with E-state index in [1.165, 1.54) is 24.0 Å². The fourth-order valence-corrected chi connectivity index (χ4v) is 2.17. The summed E-state index contributed by atoms with van der Waals surface area (Å²) in [7, 11) is 0. The highest BCUT2D eigenvalue weighted by Crippen LogP contribution is 2.34. The van der Waals surface area contributed by atoms with Gasteiger partial charge in [-0.05, 0) is 29.9 Å². The normalized spacial score (nSPS) is 19.5.